The first kappa shape index (κ1) is 25.8. The second-order valence-electron chi connectivity index (χ2n) is 10.5. The summed E-state index contributed by atoms with van der Waals surface area (Å²) >= 11 is 0. The SMILES string of the molecule is CCCC(C)(C(=O)O)c1c(C)nc(N2CCCC(c3nc(C(C)C)no3)C2)nc1-c1ccc(C)cc1. The van der Waals surface area contributed by atoms with Crippen molar-refractivity contribution in [2.75, 3.05) is 18.0 Å². The second kappa shape index (κ2) is 10.4. The summed E-state index contributed by atoms with van der Waals surface area (Å²) in [7, 11) is 0. The third-order valence-electron chi connectivity index (χ3n) is 7.20. The maximum absolute atomic E-state index is 12.5. The lowest BCUT2D eigenvalue weighted by Gasteiger charge is -2.33. The van der Waals surface area contributed by atoms with Crippen molar-refractivity contribution in [3.8, 4) is 11.3 Å². The predicted molar refractivity (Wildman–Crippen MR) is 139 cm³/mol. The highest BCUT2D eigenvalue weighted by atomic mass is 16.5. The van der Waals surface area contributed by atoms with E-state index >= 15 is 0 Å². The van der Waals surface area contributed by atoms with E-state index in [-0.39, 0.29) is 11.8 Å². The molecule has 8 nitrogen and oxygen atoms in total. The van der Waals surface area contributed by atoms with E-state index in [1.807, 2.05) is 45.0 Å². The first-order valence-corrected chi connectivity index (χ1v) is 12.9. The third-order valence-corrected chi connectivity index (χ3v) is 7.20. The number of aryl methyl sites for hydroxylation is 2. The van der Waals surface area contributed by atoms with E-state index in [0.717, 1.165) is 42.8 Å². The highest BCUT2D eigenvalue weighted by Crippen LogP contribution is 2.39. The summed E-state index contributed by atoms with van der Waals surface area (Å²) in [5.41, 5.74) is 3.04. The summed E-state index contributed by atoms with van der Waals surface area (Å²) in [5, 5.41) is 14.4. The van der Waals surface area contributed by atoms with Gasteiger partial charge >= 0.3 is 5.97 Å². The van der Waals surface area contributed by atoms with Crippen LogP contribution in [-0.2, 0) is 10.2 Å². The average molecular weight is 492 g/mol. The molecule has 1 saturated heterocycles. The molecule has 4 rings (SSSR count). The smallest absolute Gasteiger partial charge is 0.313 e. The van der Waals surface area contributed by atoms with E-state index < -0.39 is 11.4 Å². The molecule has 3 heterocycles. The molecular weight excluding hydrogens is 454 g/mol. The average Bonchev–Trinajstić information content (AvgIpc) is 3.35. The van der Waals surface area contributed by atoms with Gasteiger partial charge in [0.05, 0.1) is 17.0 Å². The van der Waals surface area contributed by atoms with Gasteiger partial charge in [0.15, 0.2) is 5.82 Å². The van der Waals surface area contributed by atoms with Crippen LogP contribution in [0.3, 0.4) is 0 Å². The van der Waals surface area contributed by atoms with Crippen molar-refractivity contribution >= 4 is 11.9 Å². The first-order valence-electron chi connectivity index (χ1n) is 12.9. The Kier molecular flexibility index (Phi) is 7.43. The standard InChI is InChI=1S/C28H37N5O3/c1-7-14-28(6,26(34)35)22-19(5)29-27(30-23(22)20-12-10-18(4)11-13-20)33-15-8-9-21(16-33)25-31-24(17(2)3)32-36-25/h10-13,17,21H,7-9,14-16H2,1-6H3,(H,34,35). The molecule has 1 N–H and O–H groups in total. The minimum absolute atomic E-state index is 0.106. The molecule has 2 aromatic heterocycles. The highest BCUT2D eigenvalue weighted by Gasteiger charge is 2.40. The molecule has 2 atom stereocenters. The van der Waals surface area contributed by atoms with Crippen LogP contribution in [0.2, 0.25) is 0 Å². The fourth-order valence-electron chi connectivity index (χ4n) is 5.13. The van der Waals surface area contributed by atoms with E-state index in [0.29, 0.717) is 41.8 Å². The summed E-state index contributed by atoms with van der Waals surface area (Å²) in [6.45, 7) is 13.3. The minimum Gasteiger partial charge on any atom is -0.481 e. The highest BCUT2D eigenvalue weighted by molar-refractivity contribution is 5.85. The number of piperidine rings is 1. The molecular formula is C28H37N5O3. The lowest BCUT2D eigenvalue weighted by molar-refractivity contribution is -0.143. The Bertz CT molecular complexity index is 1220. The molecule has 8 heteroatoms. The maximum Gasteiger partial charge on any atom is 0.313 e. The molecule has 0 bridgehead atoms. The molecule has 0 aliphatic carbocycles. The number of hydrogen-bond acceptors (Lipinski definition) is 7. The van der Waals surface area contributed by atoms with Crippen LogP contribution >= 0.6 is 0 Å². The molecule has 1 fully saturated rings. The molecule has 0 saturated carbocycles. The zero-order valence-corrected chi connectivity index (χ0v) is 22.2. The number of carbonyl (C=O) groups is 1. The van der Waals surface area contributed by atoms with Gasteiger partial charge in [0.25, 0.3) is 0 Å². The summed E-state index contributed by atoms with van der Waals surface area (Å²) < 4.78 is 5.60. The monoisotopic (exact) mass is 491 g/mol. The van der Waals surface area contributed by atoms with Crippen molar-refractivity contribution in [3.05, 3.63) is 52.8 Å². The van der Waals surface area contributed by atoms with Crippen LogP contribution in [0.4, 0.5) is 5.95 Å². The normalized spacial score (nSPS) is 17.9. The van der Waals surface area contributed by atoms with Gasteiger partial charge in [-0.3, -0.25) is 4.79 Å². The van der Waals surface area contributed by atoms with Crippen LogP contribution in [-0.4, -0.2) is 44.3 Å². The van der Waals surface area contributed by atoms with Gasteiger partial charge in [-0.2, -0.15) is 4.98 Å². The van der Waals surface area contributed by atoms with Gasteiger partial charge < -0.3 is 14.5 Å². The van der Waals surface area contributed by atoms with Gasteiger partial charge in [0, 0.05) is 35.8 Å². The second-order valence-corrected chi connectivity index (χ2v) is 10.5. The van der Waals surface area contributed by atoms with Crippen molar-refractivity contribution in [3.63, 3.8) is 0 Å². The number of carboxylic acid groups (broad SMARTS) is 1. The van der Waals surface area contributed by atoms with Crippen LogP contribution in [0.1, 0.15) is 93.8 Å². The van der Waals surface area contributed by atoms with Crippen LogP contribution in [0, 0.1) is 13.8 Å². The Morgan fingerprint density at radius 1 is 1.19 bits per heavy atom. The molecule has 0 amide bonds. The Hall–Kier alpha value is -3.29. The molecule has 36 heavy (non-hydrogen) atoms. The molecule has 1 aliphatic heterocycles. The number of nitrogens with zero attached hydrogens (tertiary/aromatic N) is 5. The number of rotatable bonds is 8. The zero-order valence-electron chi connectivity index (χ0n) is 22.2. The van der Waals surface area contributed by atoms with Crippen LogP contribution in [0.25, 0.3) is 11.3 Å². The molecule has 1 aromatic carbocycles. The van der Waals surface area contributed by atoms with Gasteiger partial charge in [-0.15, -0.1) is 0 Å². The molecule has 1 aliphatic rings. The summed E-state index contributed by atoms with van der Waals surface area (Å²) in [6.07, 6.45) is 3.17. The van der Waals surface area contributed by atoms with E-state index in [4.69, 9.17) is 14.5 Å². The van der Waals surface area contributed by atoms with E-state index in [9.17, 15) is 9.90 Å². The Balaban J connectivity index is 1.77. The van der Waals surface area contributed by atoms with E-state index in [2.05, 4.69) is 28.9 Å². The predicted octanol–water partition coefficient (Wildman–Crippen LogP) is 5.79. The fraction of sp³-hybridized carbons (Fsp3) is 0.536. The first-order chi connectivity index (χ1) is 17.1. The number of aliphatic carboxylic acids is 1. The number of hydrogen-bond donors (Lipinski definition) is 1. The maximum atomic E-state index is 12.5. The Labute approximate surface area is 213 Å². The van der Waals surface area contributed by atoms with Gasteiger partial charge in [-0.25, -0.2) is 9.97 Å². The number of carboxylic acids is 1. The van der Waals surface area contributed by atoms with Gasteiger partial charge in [0.2, 0.25) is 11.8 Å². The largest absolute Gasteiger partial charge is 0.481 e. The van der Waals surface area contributed by atoms with Crippen LogP contribution in [0.15, 0.2) is 28.8 Å². The van der Waals surface area contributed by atoms with Gasteiger partial charge in [-0.1, -0.05) is 62.2 Å². The topological polar surface area (TPSA) is 105 Å². The molecule has 192 valence electrons. The van der Waals surface area contributed by atoms with Crippen molar-refractivity contribution in [2.45, 2.75) is 84.5 Å². The molecule has 0 spiro atoms. The van der Waals surface area contributed by atoms with Crippen LogP contribution < -0.4 is 4.90 Å². The molecule has 3 aromatic rings. The molecule has 2 unspecified atom stereocenters. The van der Waals surface area contributed by atoms with Gasteiger partial charge in [-0.05, 0) is 40.0 Å². The van der Waals surface area contributed by atoms with Gasteiger partial charge in [0.1, 0.15) is 0 Å². The van der Waals surface area contributed by atoms with Crippen molar-refractivity contribution in [1.82, 2.24) is 20.1 Å². The quantitative estimate of drug-likeness (QED) is 0.422. The lowest BCUT2D eigenvalue weighted by atomic mass is 9.76. The Morgan fingerprint density at radius 3 is 2.53 bits per heavy atom. The summed E-state index contributed by atoms with van der Waals surface area (Å²) in [4.78, 5) is 29.3. The van der Waals surface area contributed by atoms with Crippen molar-refractivity contribution in [2.24, 2.45) is 0 Å². The van der Waals surface area contributed by atoms with Crippen molar-refractivity contribution < 1.29 is 14.4 Å². The van der Waals surface area contributed by atoms with E-state index in [1.54, 1.807) is 6.92 Å². The number of aromatic nitrogens is 4. The van der Waals surface area contributed by atoms with Crippen LogP contribution in [0.5, 0.6) is 0 Å². The summed E-state index contributed by atoms with van der Waals surface area (Å²) in [5.74, 6) is 1.47. The third kappa shape index (κ3) is 4.99. The Morgan fingerprint density at radius 2 is 1.92 bits per heavy atom. The zero-order chi connectivity index (χ0) is 26.0. The summed E-state index contributed by atoms with van der Waals surface area (Å²) in [6, 6.07) is 8.10. The lowest BCUT2D eigenvalue weighted by Crippen LogP contribution is -2.38. The van der Waals surface area contributed by atoms with E-state index in [1.165, 1.54) is 0 Å². The number of benzene rings is 1. The fourth-order valence-corrected chi connectivity index (χ4v) is 5.13. The minimum atomic E-state index is -1.08. The number of anilines is 1. The van der Waals surface area contributed by atoms with Crippen molar-refractivity contribution in [1.29, 1.82) is 0 Å². The molecule has 0 radical (unpaired) electrons.